The van der Waals surface area contributed by atoms with Crippen molar-refractivity contribution in [1.29, 1.82) is 0 Å². The Labute approximate surface area is 233 Å². The Bertz CT molecular complexity index is 1380. The van der Waals surface area contributed by atoms with Crippen LogP contribution in [-0.2, 0) is 23.9 Å². The minimum atomic E-state index is -1.12. The van der Waals surface area contributed by atoms with Crippen LogP contribution in [0, 0.1) is 17.8 Å². The molecule has 4 atom stereocenters. The van der Waals surface area contributed by atoms with E-state index in [0.717, 1.165) is 32.7 Å². The molecule has 1 heterocycles. The zero-order valence-corrected chi connectivity index (χ0v) is 22.7. The summed E-state index contributed by atoms with van der Waals surface area (Å²) in [5.41, 5.74) is 5.22. The molecule has 40 heavy (non-hydrogen) atoms. The van der Waals surface area contributed by atoms with Gasteiger partial charge in [-0.05, 0) is 40.7 Å². The largest absolute Gasteiger partial charge is 0.454 e. The van der Waals surface area contributed by atoms with Crippen molar-refractivity contribution in [2.75, 3.05) is 6.61 Å². The van der Waals surface area contributed by atoms with Gasteiger partial charge in [0.2, 0.25) is 11.8 Å². The van der Waals surface area contributed by atoms with Gasteiger partial charge >= 0.3 is 5.97 Å². The van der Waals surface area contributed by atoms with Crippen molar-refractivity contribution in [2.24, 2.45) is 17.8 Å². The Morgan fingerprint density at radius 1 is 0.750 bits per heavy atom. The van der Waals surface area contributed by atoms with E-state index in [4.69, 9.17) is 4.74 Å². The highest BCUT2D eigenvalue weighted by molar-refractivity contribution is 6.10. The number of hydrogen-bond donors (Lipinski definition) is 1. The number of likely N-dealkylation sites (tertiary alicyclic amines) is 1. The Morgan fingerprint density at radius 2 is 1.20 bits per heavy atom. The summed E-state index contributed by atoms with van der Waals surface area (Å²) >= 11 is 0. The molecule has 0 saturated carbocycles. The third-order valence-corrected chi connectivity index (χ3v) is 8.66. The van der Waals surface area contributed by atoms with Crippen molar-refractivity contribution in [1.82, 2.24) is 10.2 Å². The Hall–Kier alpha value is -4.26. The molecule has 0 unspecified atom stereocenters. The van der Waals surface area contributed by atoms with Crippen LogP contribution in [0.4, 0.5) is 0 Å². The minimum absolute atomic E-state index is 0.252. The molecular weight excluding hydrogens is 504 g/mol. The maximum Gasteiger partial charge on any atom is 0.330 e. The molecule has 1 N–H and O–H groups in total. The van der Waals surface area contributed by atoms with Crippen LogP contribution in [0.1, 0.15) is 66.5 Å². The lowest BCUT2D eigenvalue weighted by atomic mass is 9.55. The lowest BCUT2D eigenvalue weighted by Gasteiger charge is -2.45. The summed E-state index contributed by atoms with van der Waals surface area (Å²) in [6.07, 6.45) is 0. The predicted octanol–water partition coefficient (Wildman–Crippen LogP) is 4.32. The molecule has 3 amide bonds. The molecule has 1 aliphatic heterocycles. The van der Waals surface area contributed by atoms with Crippen LogP contribution in [0.5, 0.6) is 0 Å². The van der Waals surface area contributed by atoms with Crippen LogP contribution >= 0.6 is 0 Å². The van der Waals surface area contributed by atoms with Crippen LogP contribution in [-0.4, -0.2) is 41.2 Å². The monoisotopic (exact) mass is 536 g/mol. The molecule has 4 aliphatic rings. The van der Waals surface area contributed by atoms with Gasteiger partial charge in [-0.1, -0.05) is 92.7 Å². The molecule has 0 radical (unpaired) electrons. The Balaban J connectivity index is 1.24. The lowest BCUT2D eigenvalue weighted by Crippen LogP contribution is -2.50. The van der Waals surface area contributed by atoms with Gasteiger partial charge in [0.05, 0.1) is 17.9 Å². The molecule has 7 rings (SSSR count). The second kappa shape index (κ2) is 10.0. The Morgan fingerprint density at radius 3 is 1.65 bits per heavy atom. The summed E-state index contributed by atoms with van der Waals surface area (Å²) in [4.78, 5) is 55.3. The molecule has 204 valence electrons. The van der Waals surface area contributed by atoms with E-state index in [1.807, 2.05) is 85.8 Å². The molecular formula is C33H32N2O5. The van der Waals surface area contributed by atoms with E-state index in [1.165, 1.54) is 0 Å². The lowest BCUT2D eigenvalue weighted by molar-refractivity contribution is -0.162. The third-order valence-electron chi connectivity index (χ3n) is 8.66. The highest BCUT2D eigenvalue weighted by atomic mass is 16.5. The van der Waals surface area contributed by atoms with E-state index >= 15 is 0 Å². The third kappa shape index (κ3) is 4.03. The fourth-order valence-corrected chi connectivity index (χ4v) is 6.98. The number of esters is 1. The number of hydrogen-bond acceptors (Lipinski definition) is 5. The normalized spacial score (nSPS) is 23.8. The van der Waals surface area contributed by atoms with Crippen LogP contribution in [0.3, 0.4) is 0 Å². The summed E-state index contributed by atoms with van der Waals surface area (Å²) in [5.74, 6) is -3.94. The van der Waals surface area contributed by atoms with E-state index in [2.05, 4.69) is 5.32 Å². The van der Waals surface area contributed by atoms with Gasteiger partial charge in [0, 0.05) is 11.8 Å². The first-order valence-corrected chi connectivity index (χ1v) is 13.8. The quantitative estimate of drug-likeness (QED) is 0.359. The first-order chi connectivity index (χ1) is 19.3. The number of nitrogens with one attached hydrogen (secondary N) is 1. The van der Waals surface area contributed by atoms with Crippen molar-refractivity contribution >= 4 is 23.7 Å². The number of nitrogens with zero attached hydrogens (tertiary/aromatic N) is 1. The van der Waals surface area contributed by atoms with Crippen molar-refractivity contribution < 1.29 is 23.9 Å². The molecule has 7 heteroatoms. The first kappa shape index (κ1) is 26.0. The fourth-order valence-electron chi connectivity index (χ4n) is 6.98. The van der Waals surface area contributed by atoms with Crippen LogP contribution in [0.25, 0.3) is 0 Å². The summed E-state index contributed by atoms with van der Waals surface area (Å²) in [6, 6.07) is 24.1. The molecule has 1 fully saturated rings. The predicted molar refractivity (Wildman–Crippen MR) is 148 cm³/mol. The number of amides is 3. The number of rotatable bonds is 7. The van der Waals surface area contributed by atoms with Crippen LogP contribution < -0.4 is 5.32 Å². The van der Waals surface area contributed by atoms with Gasteiger partial charge < -0.3 is 10.1 Å². The maximum atomic E-state index is 14.1. The van der Waals surface area contributed by atoms with E-state index in [1.54, 1.807) is 13.8 Å². The highest BCUT2D eigenvalue weighted by Crippen LogP contribution is 2.61. The number of imide groups is 1. The molecule has 0 aromatic heterocycles. The first-order valence-electron chi connectivity index (χ1n) is 13.8. The van der Waals surface area contributed by atoms with Gasteiger partial charge in [-0.2, -0.15) is 0 Å². The van der Waals surface area contributed by atoms with E-state index < -0.39 is 42.3 Å². The zero-order chi connectivity index (χ0) is 28.1. The summed E-state index contributed by atoms with van der Waals surface area (Å²) in [7, 11) is 0. The van der Waals surface area contributed by atoms with Crippen molar-refractivity contribution in [3.63, 3.8) is 0 Å². The molecule has 0 spiro atoms. The molecule has 2 bridgehead atoms. The maximum absolute atomic E-state index is 14.1. The van der Waals surface area contributed by atoms with Crippen molar-refractivity contribution in [2.45, 2.75) is 44.7 Å². The number of carbonyl (C=O) groups excluding carboxylic acids is 4. The summed E-state index contributed by atoms with van der Waals surface area (Å²) in [5, 5.41) is 2.82. The number of carbonyl (C=O) groups is 4. The van der Waals surface area contributed by atoms with Gasteiger partial charge in [-0.25, -0.2) is 4.79 Å². The van der Waals surface area contributed by atoms with Crippen molar-refractivity contribution in [3.8, 4) is 0 Å². The van der Waals surface area contributed by atoms with Gasteiger partial charge in [0.25, 0.3) is 5.91 Å². The summed E-state index contributed by atoms with van der Waals surface area (Å²) < 4.78 is 5.42. The molecule has 3 aliphatic carbocycles. The van der Waals surface area contributed by atoms with E-state index in [9.17, 15) is 19.2 Å². The zero-order valence-electron chi connectivity index (χ0n) is 22.7. The van der Waals surface area contributed by atoms with E-state index in [-0.39, 0.29) is 29.7 Å². The van der Waals surface area contributed by atoms with Gasteiger partial charge in [0.15, 0.2) is 6.61 Å². The van der Waals surface area contributed by atoms with Crippen LogP contribution in [0.15, 0.2) is 78.9 Å². The fraction of sp³-hybridized carbons (Fsp3) is 0.333. The van der Waals surface area contributed by atoms with Gasteiger partial charge in [-0.3, -0.25) is 19.3 Å². The second-order valence-electron chi connectivity index (χ2n) is 11.3. The molecule has 7 nitrogen and oxygen atoms in total. The second-order valence-corrected chi connectivity index (χ2v) is 11.3. The van der Waals surface area contributed by atoms with Crippen molar-refractivity contribution in [3.05, 3.63) is 107 Å². The average Bonchev–Trinajstić information content (AvgIpc) is 3.22. The Kier molecular flexibility index (Phi) is 6.53. The number of ether oxygens (including phenoxy) is 1. The molecule has 1 saturated heterocycles. The topological polar surface area (TPSA) is 92.8 Å². The van der Waals surface area contributed by atoms with Gasteiger partial charge in [-0.15, -0.1) is 0 Å². The standard InChI is InChI=1S/C33H32N2O5/c1-18(2)30(33(39)40-17-25(36)34-19(3)20-11-5-4-6-12-20)35-31(37)28-26-21-13-7-8-14-22(21)27(29(28)32(35)38)24-16-10-9-15-23(24)26/h4-16,18-19,26-30H,17H2,1-3H3,(H,34,36)/t19-,26?,27?,28-,29-,30-/m0/s1. The number of benzene rings is 3. The summed E-state index contributed by atoms with van der Waals surface area (Å²) in [6.45, 7) is 4.91. The molecule has 3 aromatic carbocycles. The smallest absolute Gasteiger partial charge is 0.330 e. The highest BCUT2D eigenvalue weighted by Gasteiger charge is 2.63. The minimum Gasteiger partial charge on any atom is -0.454 e. The molecule has 3 aromatic rings. The van der Waals surface area contributed by atoms with E-state index in [0.29, 0.717) is 0 Å². The van der Waals surface area contributed by atoms with Gasteiger partial charge in [0.1, 0.15) is 6.04 Å². The van der Waals surface area contributed by atoms with Crippen LogP contribution in [0.2, 0.25) is 0 Å². The average molecular weight is 537 g/mol. The SMILES string of the molecule is CC(C)[C@@H](C(=O)OCC(=O)N[C@@H](C)c1ccccc1)N1C(=O)[C@H]2C3c4ccccc4C(c4ccccc43)[C@@H]2C1=O.